The molecule has 0 aliphatic carbocycles. The van der Waals surface area contributed by atoms with Gasteiger partial charge in [-0.05, 0) is 43.4 Å². The molecule has 0 amide bonds. The first-order valence-electron chi connectivity index (χ1n) is 4.40. The van der Waals surface area contributed by atoms with E-state index < -0.39 is 12.0 Å². The van der Waals surface area contributed by atoms with Gasteiger partial charge in [0.25, 0.3) is 6.43 Å². The highest BCUT2D eigenvalue weighted by Crippen LogP contribution is 2.35. The molecule has 0 bridgehead atoms. The van der Waals surface area contributed by atoms with Crippen LogP contribution in [0.3, 0.4) is 0 Å². The third-order valence-corrected chi connectivity index (χ3v) is 2.59. The summed E-state index contributed by atoms with van der Waals surface area (Å²) in [7, 11) is 1.37. The van der Waals surface area contributed by atoms with Crippen molar-refractivity contribution in [3.05, 3.63) is 9.39 Å². The quantitative estimate of drug-likeness (QED) is 0.779. The van der Waals surface area contributed by atoms with Gasteiger partial charge in [0.15, 0.2) is 9.45 Å². The van der Waals surface area contributed by atoms with Gasteiger partial charge in [-0.25, -0.2) is 8.78 Å². The van der Waals surface area contributed by atoms with E-state index in [1.807, 2.05) is 43.4 Å². The van der Waals surface area contributed by atoms with E-state index in [4.69, 9.17) is 4.74 Å². The van der Waals surface area contributed by atoms with E-state index >= 15 is 0 Å². The third-order valence-electron chi connectivity index (χ3n) is 1.88. The molecule has 1 aromatic rings. The van der Waals surface area contributed by atoms with Gasteiger partial charge in [0.2, 0.25) is 0 Å². The largest absolute Gasteiger partial charge is 0.492 e. The monoisotopic (exact) mass is 330 g/mol. The molecule has 0 saturated heterocycles. The fraction of sp³-hybridized carbons (Fsp3) is 0.667. The van der Waals surface area contributed by atoms with Crippen LogP contribution >= 0.6 is 22.6 Å². The maximum Gasteiger partial charge on any atom is 0.283 e. The Balaban J connectivity index is 3.40. The van der Waals surface area contributed by atoms with Crippen molar-refractivity contribution in [1.82, 2.24) is 9.78 Å². The highest BCUT2D eigenvalue weighted by Gasteiger charge is 2.30. The SMILES string of the molecule is COc1c(I)nn(C(C)(C)C)c1C(F)F. The van der Waals surface area contributed by atoms with E-state index in [1.165, 1.54) is 11.8 Å². The van der Waals surface area contributed by atoms with E-state index in [0.29, 0.717) is 3.70 Å². The molecule has 1 rings (SSSR count). The lowest BCUT2D eigenvalue weighted by molar-refractivity contribution is 0.126. The number of hydrogen-bond acceptors (Lipinski definition) is 2. The number of halogens is 3. The van der Waals surface area contributed by atoms with Gasteiger partial charge in [0.05, 0.1) is 12.6 Å². The second-order valence-corrected chi connectivity index (χ2v) is 5.11. The van der Waals surface area contributed by atoms with Gasteiger partial charge in [-0.3, -0.25) is 4.68 Å². The third kappa shape index (κ3) is 2.40. The Morgan fingerprint density at radius 1 is 1.40 bits per heavy atom. The van der Waals surface area contributed by atoms with Crippen molar-refractivity contribution < 1.29 is 13.5 Å². The summed E-state index contributed by atoms with van der Waals surface area (Å²) in [4.78, 5) is 0. The minimum absolute atomic E-state index is 0.158. The molecular weight excluding hydrogens is 317 g/mol. The van der Waals surface area contributed by atoms with Crippen LogP contribution in [0.5, 0.6) is 5.75 Å². The fourth-order valence-corrected chi connectivity index (χ4v) is 1.99. The number of methoxy groups -OCH3 is 1. The van der Waals surface area contributed by atoms with Gasteiger partial charge in [-0.15, -0.1) is 0 Å². The first kappa shape index (κ1) is 12.7. The van der Waals surface area contributed by atoms with Gasteiger partial charge in [0.1, 0.15) is 5.69 Å². The first-order chi connectivity index (χ1) is 6.79. The standard InChI is InChI=1S/C9H13F2IN2O/c1-9(2,3)14-5(7(10)11)6(15-4)8(12)13-14/h7H,1-4H3. The van der Waals surface area contributed by atoms with Gasteiger partial charge in [0, 0.05) is 0 Å². The molecular formula is C9H13F2IN2O. The maximum absolute atomic E-state index is 12.9. The van der Waals surface area contributed by atoms with E-state index in [0.717, 1.165) is 0 Å². The fourth-order valence-electron chi connectivity index (χ4n) is 1.28. The maximum atomic E-state index is 12.9. The Labute approximate surface area is 101 Å². The van der Waals surface area contributed by atoms with Crippen molar-refractivity contribution in [3.63, 3.8) is 0 Å². The van der Waals surface area contributed by atoms with Gasteiger partial charge in [-0.2, -0.15) is 5.10 Å². The predicted molar refractivity (Wildman–Crippen MR) is 61.4 cm³/mol. The summed E-state index contributed by atoms with van der Waals surface area (Å²) in [6.07, 6.45) is -2.59. The average Bonchev–Trinajstić information content (AvgIpc) is 2.41. The van der Waals surface area contributed by atoms with Crippen LogP contribution in [0.1, 0.15) is 32.9 Å². The van der Waals surface area contributed by atoms with Crippen molar-refractivity contribution in [2.75, 3.05) is 7.11 Å². The van der Waals surface area contributed by atoms with Crippen LogP contribution in [0.25, 0.3) is 0 Å². The zero-order valence-electron chi connectivity index (χ0n) is 9.01. The molecule has 0 unspecified atom stereocenters. The van der Waals surface area contributed by atoms with Crippen LogP contribution in [0.15, 0.2) is 0 Å². The molecule has 1 aromatic heterocycles. The Morgan fingerprint density at radius 3 is 2.27 bits per heavy atom. The highest BCUT2D eigenvalue weighted by molar-refractivity contribution is 14.1. The second kappa shape index (κ2) is 4.23. The number of rotatable bonds is 2. The zero-order valence-corrected chi connectivity index (χ0v) is 11.2. The summed E-state index contributed by atoms with van der Waals surface area (Å²) in [6.45, 7) is 5.46. The predicted octanol–water partition coefficient (Wildman–Crippen LogP) is 3.19. The molecule has 1 heterocycles. The van der Waals surface area contributed by atoms with Crippen LogP contribution in [0, 0.1) is 3.70 Å². The molecule has 6 heteroatoms. The summed E-state index contributed by atoms with van der Waals surface area (Å²) in [5.74, 6) is 0.167. The first-order valence-corrected chi connectivity index (χ1v) is 5.48. The van der Waals surface area contributed by atoms with E-state index in [9.17, 15) is 8.78 Å². The topological polar surface area (TPSA) is 27.1 Å². The second-order valence-electron chi connectivity index (χ2n) is 4.09. The number of alkyl halides is 2. The summed E-state index contributed by atoms with van der Waals surface area (Å²) in [6, 6.07) is 0. The van der Waals surface area contributed by atoms with Gasteiger partial charge < -0.3 is 4.74 Å². The molecule has 0 aliphatic rings. The smallest absolute Gasteiger partial charge is 0.283 e. The minimum atomic E-state index is -2.59. The van der Waals surface area contributed by atoms with Crippen LogP contribution < -0.4 is 4.74 Å². The van der Waals surface area contributed by atoms with Crippen LogP contribution in [-0.2, 0) is 5.54 Å². The number of aromatic nitrogens is 2. The molecule has 0 radical (unpaired) electrons. The number of nitrogens with zero attached hydrogens (tertiary/aromatic N) is 2. The Hall–Kier alpha value is -0.400. The number of hydrogen-bond donors (Lipinski definition) is 0. The van der Waals surface area contributed by atoms with Crippen molar-refractivity contribution >= 4 is 22.6 Å². The molecule has 0 atom stereocenters. The van der Waals surface area contributed by atoms with Crippen molar-refractivity contribution in [1.29, 1.82) is 0 Å². The number of ether oxygens (including phenoxy) is 1. The lowest BCUT2D eigenvalue weighted by Gasteiger charge is -2.22. The zero-order chi connectivity index (χ0) is 11.8. The molecule has 0 aliphatic heterocycles. The minimum Gasteiger partial charge on any atom is -0.492 e. The van der Waals surface area contributed by atoms with Crippen LogP contribution in [-0.4, -0.2) is 16.9 Å². The molecule has 0 spiro atoms. The van der Waals surface area contributed by atoms with Crippen LogP contribution in [0.4, 0.5) is 8.78 Å². The lowest BCUT2D eigenvalue weighted by atomic mass is 10.1. The summed E-state index contributed by atoms with van der Waals surface area (Å²) >= 11 is 1.89. The highest BCUT2D eigenvalue weighted by atomic mass is 127. The summed E-state index contributed by atoms with van der Waals surface area (Å²) < 4.78 is 32.5. The van der Waals surface area contributed by atoms with E-state index in [1.54, 1.807) is 0 Å². The molecule has 86 valence electrons. The Kier molecular flexibility index (Phi) is 3.57. The van der Waals surface area contributed by atoms with E-state index in [-0.39, 0.29) is 11.4 Å². The van der Waals surface area contributed by atoms with Crippen molar-refractivity contribution in [3.8, 4) is 5.75 Å². The normalized spacial score (nSPS) is 12.3. The van der Waals surface area contributed by atoms with Crippen molar-refractivity contribution in [2.45, 2.75) is 32.7 Å². The molecule has 15 heavy (non-hydrogen) atoms. The molecule has 0 aromatic carbocycles. The molecule has 0 saturated carbocycles. The van der Waals surface area contributed by atoms with Crippen LogP contribution in [0.2, 0.25) is 0 Å². The van der Waals surface area contributed by atoms with E-state index in [2.05, 4.69) is 5.10 Å². The summed E-state index contributed by atoms with van der Waals surface area (Å²) in [5.41, 5.74) is -0.642. The van der Waals surface area contributed by atoms with Gasteiger partial charge in [-0.1, -0.05) is 0 Å². The van der Waals surface area contributed by atoms with Gasteiger partial charge >= 0.3 is 0 Å². The Bertz CT molecular complexity index is 358. The molecule has 3 nitrogen and oxygen atoms in total. The summed E-state index contributed by atoms with van der Waals surface area (Å²) in [5, 5.41) is 4.07. The Morgan fingerprint density at radius 2 is 1.93 bits per heavy atom. The lowest BCUT2D eigenvalue weighted by Crippen LogP contribution is -2.25. The molecule has 0 N–H and O–H groups in total. The average molecular weight is 330 g/mol. The van der Waals surface area contributed by atoms with Crippen molar-refractivity contribution in [2.24, 2.45) is 0 Å². The molecule has 0 fully saturated rings.